The zero-order valence-electron chi connectivity index (χ0n) is 13.1. The van der Waals surface area contributed by atoms with Crippen LogP contribution in [0.3, 0.4) is 0 Å². The third kappa shape index (κ3) is 1.09. The van der Waals surface area contributed by atoms with Gasteiger partial charge in [0.05, 0.1) is 0 Å². The van der Waals surface area contributed by atoms with Crippen LogP contribution in [0, 0.1) is 40.4 Å². The number of carbonyl (C=O) groups excluding carboxylic acids is 2. The standard InChI is InChI=1S/C19H22O3/c1-18-6-5-11(19(18,2)8-20)14-9-7-10(17(14)18)16-13(22)4-3-12(21)15(9)16/h3-4,9-11,15-16,20H,5-8H2,1-2H3/t9?,10?,11?,15-,16+,18?,19?/m1/s1. The van der Waals surface area contributed by atoms with Crippen molar-refractivity contribution in [3.8, 4) is 0 Å². The van der Waals surface area contributed by atoms with Crippen LogP contribution in [0.4, 0.5) is 0 Å². The summed E-state index contributed by atoms with van der Waals surface area (Å²) >= 11 is 0. The molecule has 7 atom stereocenters. The maximum absolute atomic E-state index is 12.4. The Hall–Kier alpha value is -1.22. The van der Waals surface area contributed by atoms with E-state index < -0.39 is 0 Å². The Morgan fingerprint density at radius 3 is 2.41 bits per heavy atom. The van der Waals surface area contributed by atoms with E-state index in [1.165, 1.54) is 23.3 Å². The van der Waals surface area contributed by atoms with E-state index in [2.05, 4.69) is 13.8 Å². The topological polar surface area (TPSA) is 54.4 Å². The molecule has 0 heterocycles. The predicted molar refractivity (Wildman–Crippen MR) is 80.8 cm³/mol. The van der Waals surface area contributed by atoms with E-state index in [0.29, 0.717) is 5.92 Å². The lowest BCUT2D eigenvalue weighted by molar-refractivity contribution is -0.129. The van der Waals surface area contributed by atoms with Gasteiger partial charge < -0.3 is 5.11 Å². The Morgan fingerprint density at radius 1 is 1.14 bits per heavy atom. The molecule has 5 aliphatic carbocycles. The van der Waals surface area contributed by atoms with Crippen LogP contribution in [0.2, 0.25) is 0 Å². The third-order valence-electron chi connectivity index (χ3n) is 8.17. The van der Waals surface area contributed by atoms with Gasteiger partial charge in [0.15, 0.2) is 11.6 Å². The number of rotatable bonds is 1. The van der Waals surface area contributed by atoms with Crippen LogP contribution in [-0.2, 0) is 9.59 Å². The van der Waals surface area contributed by atoms with Crippen molar-refractivity contribution < 1.29 is 14.7 Å². The summed E-state index contributed by atoms with van der Waals surface area (Å²) in [5.74, 6) is 1.04. The minimum absolute atomic E-state index is 0.0244. The lowest BCUT2D eigenvalue weighted by Crippen LogP contribution is -2.41. The zero-order valence-corrected chi connectivity index (χ0v) is 13.1. The number of hydrogen-bond donors (Lipinski definition) is 1. The number of aliphatic hydroxyl groups is 1. The Balaban J connectivity index is 1.69. The summed E-state index contributed by atoms with van der Waals surface area (Å²) in [6, 6.07) is 0. The molecular formula is C19H22O3. The molecule has 0 amide bonds. The molecule has 22 heavy (non-hydrogen) atoms. The van der Waals surface area contributed by atoms with Crippen molar-refractivity contribution in [2.45, 2.75) is 33.1 Å². The van der Waals surface area contributed by atoms with Gasteiger partial charge >= 0.3 is 0 Å². The summed E-state index contributed by atoms with van der Waals surface area (Å²) < 4.78 is 0. The second-order valence-electron chi connectivity index (χ2n) is 8.51. The molecule has 0 aliphatic heterocycles. The molecule has 0 saturated heterocycles. The van der Waals surface area contributed by atoms with Crippen LogP contribution in [0.1, 0.15) is 33.1 Å². The highest BCUT2D eigenvalue weighted by Gasteiger charge is 2.71. The van der Waals surface area contributed by atoms with Gasteiger partial charge in [0.1, 0.15) is 0 Å². The first-order valence-corrected chi connectivity index (χ1v) is 8.55. The average molecular weight is 298 g/mol. The van der Waals surface area contributed by atoms with Gasteiger partial charge in [-0.2, -0.15) is 0 Å². The number of fused-ring (bicyclic) bond motifs is 11. The number of ketones is 2. The van der Waals surface area contributed by atoms with Crippen LogP contribution < -0.4 is 0 Å². The Kier molecular flexibility index (Phi) is 2.19. The Labute approximate surface area is 130 Å². The van der Waals surface area contributed by atoms with Crippen molar-refractivity contribution >= 4 is 11.6 Å². The number of carbonyl (C=O) groups is 2. The van der Waals surface area contributed by atoms with Gasteiger partial charge in [-0.3, -0.25) is 9.59 Å². The number of hydrogen-bond acceptors (Lipinski definition) is 3. The summed E-state index contributed by atoms with van der Waals surface area (Å²) in [6.07, 6.45) is 6.25. The predicted octanol–water partition coefficient (Wildman–Crippen LogP) is 2.30. The molecule has 1 N–H and O–H groups in total. The van der Waals surface area contributed by atoms with Crippen molar-refractivity contribution in [2.75, 3.05) is 6.61 Å². The fourth-order valence-electron chi connectivity index (χ4n) is 7.06. The van der Waals surface area contributed by atoms with E-state index in [9.17, 15) is 14.7 Å². The van der Waals surface area contributed by atoms with E-state index in [0.717, 1.165) is 19.3 Å². The van der Waals surface area contributed by atoms with Crippen LogP contribution >= 0.6 is 0 Å². The quantitative estimate of drug-likeness (QED) is 0.597. The molecule has 116 valence electrons. The van der Waals surface area contributed by atoms with E-state index in [-0.39, 0.29) is 52.7 Å². The zero-order chi connectivity index (χ0) is 15.4. The van der Waals surface area contributed by atoms with Crippen molar-refractivity contribution in [1.82, 2.24) is 0 Å². The molecule has 5 rings (SSSR count). The van der Waals surface area contributed by atoms with Gasteiger partial charge in [-0.1, -0.05) is 25.0 Å². The maximum Gasteiger partial charge on any atom is 0.160 e. The minimum atomic E-state index is -0.111. The number of allylic oxidation sites excluding steroid dienone is 4. The summed E-state index contributed by atoms with van der Waals surface area (Å²) in [5.41, 5.74) is 2.88. The summed E-state index contributed by atoms with van der Waals surface area (Å²) in [7, 11) is 0. The highest BCUT2D eigenvalue weighted by atomic mass is 16.3. The molecule has 0 radical (unpaired) electrons. The van der Waals surface area contributed by atoms with Gasteiger partial charge in [0.25, 0.3) is 0 Å². The van der Waals surface area contributed by atoms with Crippen molar-refractivity contribution in [1.29, 1.82) is 0 Å². The van der Waals surface area contributed by atoms with E-state index in [4.69, 9.17) is 0 Å². The molecule has 5 unspecified atom stereocenters. The Morgan fingerprint density at radius 2 is 1.77 bits per heavy atom. The van der Waals surface area contributed by atoms with E-state index in [1.54, 1.807) is 0 Å². The van der Waals surface area contributed by atoms with Gasteiger partial charge in [-0.15, -0.1) is 0 Å². The van der Waals surface area contributed by atoms with E-state index in [1.807, 2.05) is 0 Å². The van der Waals surface area contributed by atoms with E-state index >= 15 is 0 Å². The molecule has 0 aromatic carbocycles. The third-order valence-corrected chi connectivity index (χ3v) is 8.17. The summed E-state index contributed by atoms with van der Waals surface area (Å²) in [5, 5.41) is 10.1. The van der Waals surface area contributed by atoms with Crippen LogP contribution in [0.25, 0.3) is 0 Å². The van der Waals surface area contributed by atoms with Gasteiger partial charge in [-0.05, 0) is 54.6 Å². The SMILES string of the molecule is CC12CCC(C3=C1C1CC3[C@@H]3C(=O)C=CC(=O)[C@H]13)C2(C)CO. The molecule has 2 fully saturated rings. The van der Waals surface area contributed by atoms with Crippen molar-refractivity contribution in [3.05, 3.63) is 23.3 Å². The highest BCUT2D eigenvalue weighted by Crippen LogP contribution is 2.77. The molecule has 3 heteroatoms. The first-order chi connectivity index (χ1) is 10.4. The largest absolute Gasteiger partial charge is 0.396 e. The van der Waals surface area contributed by atoms with Crippen molar-refractivity contribution in [2.24, 2.45) is 40.4 Å². The molecule has 0 aromatic heterocycles. The maximum atomic E-state index is 12.4. The first kappa shape index (κ1) is 13.2. The summed E-state index contributed by atoms with van der Waals surface area (Å²) in [6.45, 7) is 4.72. The van der Waals surface area contributed by atoms with Crippen LogP contribution in [0.5, 0.6) is 0 Å². The lowest BCUT2D eigenvalue weighted by Gasteiger charge is -2.42. The van der Waals surface area contributed by atoms with Gasteiger partial charge in [-0.25, -0.2) is 0 Å². The molecule has 0 spiro atoms. The molecule has 0 aromatic rings. The molecular weight excluding hydrogens is 276 g/mol. The number of aliphatic hydroxyl groups excluding tert-OH is 1. The fraction of sp³-hybridized carbons (Fsp3) is 0.684. The second-order valence-corrected chi connectivity index (χ2v) is 8.51. The van der Waals surface area contributed by atoms with Crippen LogP contribution in [-0.4, -0.2) is 23.3 Å². The van der Waals surface area contributed by atoms with Gasteiger partial charge in [0, 0.05) is 23.9 Å². The fourth-order valence-corrected chi connectivity index (χ4v) is 7.06. The Bertz CT molecular complexity index is 687. The smallest absolute Gasteiger partial charge is 0.160 e. The molecule has 3 nitrogen and oxygen atoms in total. The normalized spacial score (nSPS) is 54.4. The molecule has 2 saturated carbocycles. The lowest BCUT2D eigenvalue weighted by atomic mass is 9.61. The monoisotopic (exact) mass is 298 g/mol. The highest BCUT2D eigenvalue weighted by molar-refractivity contribution is 6.08. The van der Waals surface area contributed by atoms with Crippen molar-refractivity contribution in [3.63, 3.8) is 0 Å². The molecule has 4 bridgehead atoms. The van der Waals surface area contributed by atoms with Crippen LogP contribution in [0.15, 0.2) is 23.3 Å². The first-order valence-electron chi connectivity index (χ1n) is 8.55. The van der Waals surface area contributed by atoms with Gasteiger partial charge in [0.2, 0.25) is 0 Å². The molecule has 5 aliphatic rings. The average Bonchev–Trinajstić information content (AvgIpc) is 3.18. The minimum Gasteiger partial charge on any atom is -0.396 e. The second kappa shape index (κ2) is 3.64. The summed E-state index contributed by atoms with van der Waals surface area (Å²) in [4.78, 5) is 24.8.